The van der Waals surface area contributed by atoms with Crippen LogP contribution in [0.2, 0.25) is 0 Å². The number of primary amides is 1. The van der Waals surface area contributed by atoms with Crippen molar-refractivity contribution in [2.45, 2.75) is 46.2 Å². The molecule has 0 bridgehead atoms. The Morgan fingerprint density at radius 1 is 1.35 bits per heavy atom. The van der Waals surface area contributed by atoms with E-state index in [1.807, 2.05) is 22.4 Å². The third-order valence-electron chi connectivity index (χ3n) is 3.02. The van der Waals surface area contributed by atoms with Gasteiger partial charge in [0.25, 0.3) is 0 Å². The van der Waals surface area contributed by atoms with E-state index in [-0.39, 0.29) is 6.42 Å². The molecule has 0 radical (unpaired) electrons. The van der Waals surface area contributed by atoms with Gasteiger partial charge in [-0.05, 0) is 19.4 Å². The van der Waals surface area contributed by atoms with Gasteiger partial charge < -0.3 is 5.73 Å². The van der Waals surface area contributed by atoms with Crippen molar-refractivity contribution in [2.24, 2.45) is 5.73 Å². The molecule has 2 aromatic heterocycles. The van der Waals surface area contributed by atoms with Crippen LogP contribution >= 0.6 is 0 Å². The van der Waals surface area contributed by atoms with Crippen molar-refractivity contribution >= 4 is 5.91 Å². The number of aryl methyl sites for hydroxylation is 2. The van der Waals surface area contributed by atoms with Crippen molar-refractivity contribution in [3.05, 3.63) is 18.1 Å². The average molecular weight is 276 g/mol. The smallest absolute Gasteiger partial charge is 0.225 e. The number of nitrogens with two attached hydrogens (primary N) is 1. The number of aromatic nitrogens is 5. The Hall–Kier alpha value is -2.18. The van der Waals surface area contributed by atoms with Crippen LogP contribution in [0.4, 0.5) is 0 Å². The lowest BCUT2D eigenvalue weighted by Crippen LogP contribution is -2.14. The molecule has 20 heavy (non-hydrogen) atoms. The summed E-state index contributed by atoms with van der Waals surface area (Å²) in [6.07, 6.45) is 3.88. The van der Waals surface area contributed by atoms with E-state index in [2.05, 4.69) is 22.1 Å². The number of carbonyl (C=O) groups is 1. The number of rotatable bonds is 7. The van der Waals surface area contributed by atoms with Gasteiger partial charge in [-0.1, -0.05) is 13.3 Å². The second-order valence-corrected chi connectivity index (χ2v) is 4.60. The van der Waals surface area contributed by atoms with E-state index in [1.54, 1.807) is 6.20 Å². The Morgan fingerprint density at radius 2 is 2.15 bits per heavy atom. The Balaban J connectivity index is 2.38. The normalized spacial score (nSPS) is 10.9. The number of hydrogen-bond acceptors (Lipinski definition) is 4. The quantitative estimate of drug-likeness (QED) is 0.816. The van der Waals surface area contributed by atoms with Crippen LogP contribution in [0, 0.1) is 0 Å². The minimum absolute atomic E-state index is 0.0619. The molecule has 2 rings (SSSR count). The minimum Gasteiger partial charge on any atom is -0.369 e. The third-order valence-corrected chi connectivity index (χ3v) is 3.02. The van der Waals surface area contributed by atoms with Gasteiger partial charge in [0.15, 0.2) is 11.6 Å². The maximum absolute atomic E-state index is 11.0. The number of nitrogens with zero attached hydrogens (tertiary/aromatic N) is 5. The molecule has 108 valence electrons. The van der Waals surface area contributed by atoms with Crippen LogP contribution < -0.4 is 5.73 Å². The zero-order valence-corrected chi connectivity index (χ0v) is 11.9. The lowest BCUT2D eigenvalue weighted by atomic mass is 10.3. The SMILES string of the molecule is CCCCn1nc(CC(N)=O)nc1-c1ccnn1CC. The van der Waals surface area contributed by atoms with Crippen LogP contribution in [-0.2, 0) is 24.3 Å². The molecule has 0 saturated carbocycles. The summed E-state index contributed by atoms with van der Waals surface area (Å²) in [7, 11) is 0. The van der Waals surface area contributed by atoms with Crippen LogP contribution in [0.1, 0.15) is 32.5 Å². The molecule has 0 aliphatic heterocycles. The highest BCUT2D eigenvalue weighted by atomic mass is 16.1. The molecule has 0 spiro atoms. The highest BCUT2D eigenvalue weighted by molar-refractivity contribution is 5.75. The van der Waals surface area contributed by atoms with Gasteiger partial charge in [-0.3, -0.25) is 9.48 Å². The van der Waals surface area contributed by atoms with Crippen LogP contribution in [0.5, 0.6) is 0 Å². The van der Waals surface area contributed by atoms with Crippen molar-refractivity contribution < 1.29 is 4.79 Å². The summed E-state index contributed by atoms with van der Waals surface area (Å²) >= 11 is 0. The molecule has 0 unspecified atom stereocenters. The summed E-state index contributed by atoms with van der Waals surface area (Å²) in [6.45, 7) is 5.67. The van der Waals surface area contributed by atoms with Crippen molar-refractivity contribution in [2.75, 3.05) is 0 Å². The lowest BCUT2D eigenvalue weighted by molar-refractivity contribution is -0.117. The largest absolute Gasteiger partial charge is 0.369 e. The van der Waals surface area contributed by atoms with Crippen molar-refractivity contribution in [1.29, 1.82) is 0 Å². The molecule has 0 aromatic carbocycles. The van der Waals surface area contributed by atoms with E-state index in [0.717, 1.165) is 37.4 Å². The fraction of sp³-hybridized carbons (Fsp3) is 0.538. The highest BCUT2D eigenvalue weighted by Gasteiger charge is 2.16. The predicted octanol–water partition coefficient (Wildman–Crippen LogP) is 0.989. The van der Waals surface area contributed by atoms with Crippen molar-refractivity contribution in [3.8, 4) is 11.5 Å². The highest BCUT2D eigenvalue weighted by Crippen LogP contribution is 2.18. The van der Waals surface area contributed by atoms with Gasteiger partial charge in [-0.15, -0.1) is 0 Å². The summed E-state index contributed by atoms with van der Waals surface area (Å²) in [5, 5.41) is 8.63. The molecule has 2 aromatic rings. The zero-order chi connectivity index (χ0) is 14.5. The maximum Gasteiger partial charge on any atom is 0.225 e. The second kappa shape index (κ2) is 6.31. The molecular formula is C13H20N6O. The Labute approximate surface area is 117 Å². The number of hydrogen-bond donors (Lipinski definition) is 1. The van der Waals surface area contributed by atoms with Gasteiger partial charge in [0, 0.05) is 19.3 Å². The third kappa shape index (κ3) is 3.04. The van der Waals surface area contributed by atoms with Crippen LogP contribution in [-0.4, -0.2) is 30.5 Å². The Morgan fingerprint density at radius 3 is 2.80 bits per heavy atom. The van der Waals surface area contributed by atoms with Crippen molar-refractivity contribution in [3.63, 3.8) is 0 Å². The van der Waals surface area contributed by atoms with E-state index in [9.17, 15) is 4.79 Å². The average Bonchev–Trinajstić information content (AvgIpc) is 3.01. The monoisotopic (exact) mass is 276 g/mol. The van der Waals surface area contributed by atoms with Crippen LogP contribution in [0.3, 0.4) is 0 Å². The zero-order valence-electron chi connectivity index (χ0n) is 11.9. The van der Waals surface area contributed by atoms with Gasteiger partial charge in [0.1, 0.15) is 5.69 Å². The van der Waals surface area contributed by atoms with Gasteiger partial charge in [0.2, 0.25) is 5.91 Å². The molecule has 0 aliphatic carbocycles. The Bertz CT molecular complexity index is 585. The first-order valence-corrected chi connectivity index (χ1v) is 6.89. The van der Waals surface area contributed by atoms with Crippen LogP contribution in [0.15, 0.2) is 12.3 Å². The van der Waals surface area contributed by atoms with E-state index in [1.165, 1.54) is 0 Å². The first-order chi connectivity index (χ1) is 9.65. The summed E-state index contributed by atoms with van der Waals surface area (Å²) in [4.78, 5) is 15.5. The molecule has 0 fully saturated rings. The number of unbranched alkanes of at least 4 members (excludes halogenated alkanes) is 1. The van der Waals surface area contributed by atoms with Crippen molar-refractivity contribution in [1.82, 2.24) is 24.5 Å². The molecule has 7 heteroatoms. The summed E-state index contributed by atoms with van der Waals surface area (Å²) in [6, 6.07) is 1.91. The first-order valence-electron chi connectivity index (χ1n) is 6.89. The Kier molecular flexibility index (Phi) is 4.49. The molecule has 0 atom stereocenters. The fourth-order valence-electron chi connectivity index (χ4n) is 2.05. The van der Waals surface area contributed by atoms with E-state index >= 15 is 0 Å². The molecule has 2 N–H and O–H groups in total. The standard InChI is InChI=1S/C13H20N6O/c1-3-5-8-19-13(10-6-7-15-18(10)4-2)16-12(17-19)9-11(14)20/h6-7H,3-5,8-9H2,1-2H3,(H2,14,20). The number of amides is 1. The van der Waals surface area contributed by atoms with E-state index < -0.39 is 5.91 Å². The van der Waals surface area contributed by atoms with Gasteiger partial charge in [-0.2, -0.15) is 10.2 Å². The topological polar surface area (TPSA) is 91.6 Å². The first kappa shape index (κ1) is 14.2. The van der Waals surface area contributed by atoms with Gasteiger partial charge in [-0.25, -0.2) is 9.67 Å². The molecule has 1 amide bonds. The maximum atomic E-state index is 11.0. The molecule has 7 nitrogen and oxygen atoms in total. The molecular weight excluding hydrogens is 256 g/mol. The lowest BCUT2D eigenvalue weighted by Gasteiger charge is -2.06. The van der Waals surface area contributed by atoms with E-state index in [4.69, 9.17) is 5.73 Å². The molecule has 0 aliphatic rings. The summed E-state index contributed by atoms with van der Waals surface area (Å²) < 4.78 is 3.70. The minimum atomic E-state index is -0.423. The molecule has 0 saturated heterocycles. The van der Waals surface area contributed by atoms with Gasteiger partial charge >= 0.3 is 0 Å². The predicted molar refractivity (Wildman–Crippen MR) is 74.7 cm³/mol. The van der Waals surface area contributed by atoms with E-state index in [0.29, 0.717) is 5.82 Å². The van der Waals surface area contributed by atoms with Gasteiger partial charge in [0.05, 0.1) is 6.42 Å². The summed E-state index contributed by atoms with van der Waals surface area (Å²) in [5.74, 6) is 0.787. The molecule has 2 heterocycles. The summed E-state index contributed by atoms with van der Waals surface area (Å²) in [5.41, 5.74) is 6.12. The van der Waals surface area contributed by atoms with Crippen LogP contribution in [0.25, 0.3) is 11.5 Å². The fourth-order valence-corrected chi connectivity index (χ4v) is 2.05. The second-order valence-electron chi connectivity index (χ2n) is 4.60. The number of carbonyl (C=O) groups excluding carboxylic acids is 1.